The molecular formula is C37H46BrNO5. The third-order valence-corrected chi connectivity index (χ3v) is 9.46. The Labute approximate surface area is 271 Å². The van der Waals surface area contributed by atoms with Crippen molar-refractivity contribution < 1.29 is 23.8 Å². The summed E-state index contributed by atoms with van der Waals surface area (Å²) in [5, 5.41) is 0. The molecule has 1 heterocycles. The lowest BCUT2D eigenvalue weighted by Crippen LogP contribution is -2.45. The van der Waals surface area contributed by atoms with Gasteiger partial charge in [-0.2, -0.15) is 0 Å². The number of aryl methyl sites for hydroxylation is 2. The first-order valence-electron chi connectivity index (χ1n) is 15.7. The Morgan fingerprint density at radius 3 is 1.93 bits per heavy atom. The summed E-state index contributed by atoms with van der Waals surface area (Å²) >= 11 is 3.79. The molecule has 0 unspecified atom stereocenters. The van der Waals surface area contributed by atoms with E-state index < -0.39 is 5.92 Å². The van der Waals surface area contributed by atoms with Crippen LogP contribution in [0.1, 0.15) is 88.5 Å². The van der Waals surface area contributed by atoms with E-state index in [-0.39, 0.29) is 22.4 Å². The molecule has 6 nitrogen and oxygen atoms in total. The van der Waals surface area contributed by atoms with Gasteiger partial charge in [0, 0.05) is 55.0 Å². The zero-order chi connectivity index (χ0) is 32.0. The first-order chi connectivity index (χ1) is 20.7. The van der Waals surface area contributed by atoms with E-state index in [0.717, 1.165) is 51.0 Å². The van der Waals surface area contributed by atoms with Crippen LogP contribution in [-0.4, -0.2) is 43.3 Å². The Balaban J connectivity index is 1.66. The molecule has 0 spiro atoms. The van der Waals surface area contributed by atoms with Crippen molar-refractivity contribution in [3.8, 4) is 11.5 Å². The number of methoxy groups -OCH3 is 1. The maximum absolute atomic E-state index is 14.1. The van der Waals surface area contributed by atoms with E-state index in [0.29, 0.717) is 50.7 Å². The molecule has 2 aromatic carbocycles. The summed E-state index contributed by atoms with van der Waals surface area (Å²) in [7, 11) is 1.69. The number of ether oxygens (including phenoxy) is 3. The van der Waals surface area contributed by atoms with Crippen LogP contribution in [0.3, 0.4) is 0 Å². The second kappa shape index (κ2) is 12.5. The zero-order valence-electron chi connectivity index (χ0n) is 27.5. The summed E-state index contributed by atoms with van der Waals surface area (Å²) in [5.74, 6) is 0.964. The van der Waals surface area contributed by atoms with Gasteiger partial charge in [0.25, 0.3) is 0 Å². The highest BCUT2D eigenvalue weighted by molar-refractivity contribution is 9.10. The quantitative estimate of drug-likeness (QED) is 0.269. The minimum absolute atomic E-state index is 0.108. The summed E-state index contributed by atoms with van der Waals surface area (Å²) in [6.07, 6.45) is 2.41. The number of Topliss-reactive ketones (excluding diaryl/α,β-unsaturated/α-hetero) is 2. The van der Waals surface area contributed by atoms with Crippen molar-refractivity contribution in [3.63, 3.8) is 0 Å². The maximum atomic E-state index is 14.1. The largest absolute Gasteiger partial charge is 0.490 e. The highest BCUT2D eigenvalue weighted by Gasteiger charge is 2.49. The number of hydrogen-bond acceptors (Lipinski definition) is 6. The average Bonchev–Trinajstić information content (AvgIpc) is 2.89. The van der Waals surface area contributed by atoms with Gasteiger partial charge in [0.1, 0.15) is 6.61 Å². The predicted molar refractivity (Wildman–Crippen MR) is 177 cm³/mol. The molecule has 0 saturated carbocycles. The molecule has 0 aromatic heterocycles. The van der Waals surface area contributed by atoms with Gasteiger partial charge in [0.2, 0.25) is 0 Å². The molecule has 3 aliphatic rings. The van der Waals surface area contributed by atoms with Crippen LogP contribution >= 0.6 is 15.9 Å². The Morgan fingerprint density at radius 1 is 0.841 bits per heavy atom. The topological polar surface area (TPSA) is 65.1 Å². The summed E-state index contributed by atoms with van der Waals surface area (Å²) in [5.41, 5.74) is 7.51. The highest BCUT2D eigenvalue weighted by atomic mass is 79.9. The van der Waals surface area contributed by atoms with Gasteiger partial charge >= 0.3 is 0 Å². The summed E-state index contributed by atoms with van der Waals surface area (Å²) < 4.78 is 18.8. The molecule has 0 N–H and O–H groups in total. The van der Waals surface area contributed by atoms with E-state index >= 15 is 0 Å². The Hall–Kier alpha value is -2.90. The number of benzene rings is 2. The number of rotatable bonds is 9. The van der Waals surface area contributed by atoms with Crippen molar-refractivity contribution >= 4 is 27.5 Å². The fraction of sp³-hybridized carbons (Fsp3) is 0.514. The molecule has 7 heteroatoms. The summed E-state index contributed by atoms with van der Waals surface area (Å²) in [4.78, 5) is 30.5. The maximum Gasteiger partial charge on any atom is 0.175 e. The van der Waals surface area contributed by atoms with E-state index in [1.165, 1.54) is 11.1 Å². The first-order valence-corrected chi connectivity index (χ1v) is 16.5. The molecule has 0 fully saturated rings. The number of carbonyl (C=O) groups is 2. The minimum atomic E-state index is -0.463. The van der Waals surface area contributed by atoms with Crippen molar-refractivity contribution in [2.24, 2.45) is 10.8 Å². The molecular weight excluding hydrogens is 618 g/mol. The minimum Gasteiger partial charge on any atom is -0.490 e. The Morgan fingerprint density at radius 2 is 1.41 bits per heavy atom. The number of halogens is 1. The Kier molecular flexibility index (Phi) is 9.21. The number of carbonyl (C=O) groups excluding carboxylic acids is 2. The molecule has 1 aliphatic heterocycles. The van der Waals surface area contributed by atoms with E-state index in [1.54, 1.807) is 7.11 Å². The molecule has 2 aromatic rings. The van der Waals surface area contributed by atoms with Gasteiger partial charge in [-0.3, -0.25) is 9.59 Å². The third kappa shape index (κ3) is 6.55. The van der Waals surface area contributed by atoms with Gasteiger partial charge in [-0.05, 0) is 83.6 Å². The van der Waals surface area contributed by atoms with Gasteiger partial charge in [-0.15, -0.1) is 0 Å². The van der Waals surface area contributed by atoms with Gasteiger partial charge < -0.3 is 19.1 Å². The van der Waals surface area contributed by atoms with Crippen LogP contribution in [0.2, 0.25) is 0 Å². The number of nitrogens with zero attached hydrogens (tertiary/aromatic N) is 1. The lowest BCUT2D eigenvalue weighted by molar-refractivity contribution is -0.119. The first kappa shape index (κ1) is 32.5. The number of allylic oxidation sites excluding steroid dienone is 4. The molecule has 0 bridgehead atoms. The predicted octanol–water partition coefficient (Wildman–Crippen LogP) is 8.38. The van der Waals surface area contributed by atoms with Crippen LogP contribution in [0.15, 0.2) is 57.3 Å². The van der Waals surface area contributed by atoms with Gasteiger partial charge in [-0.25, -0.2) is 0 Å². The number of ketones is 2. The van der Waals surface area contributed by atoms with E-state index in [4.69, 9.17) is 14.2 Å². The van der Waals surface area contributed by atoms with Crippen molar-refractivity contribution in [3.05, 3.63) is 79.6 Å². The molecule has 0 atom stereocenters. The normalized spacial score (nSPS) is 19.7. The van der Waals surface area contributed by atoms with Crippen molar-refractivity contribution in [2.75, 3.05) is 26.9 Å². The lowest BCUT2D eigenvalue weighted by atomic mass is 9.63. The van der Waals surface area contributed by atoms with Crippen LogP contribution in [0.4, 0.5) is 0 Å². The van der Waals surface area contributed by atoms with Gasteiger partial charge in [0.15, 0.2) is 23.1 Å². The molecule has 2 aliphatic carbocycles. The molecule has 0 radical (unpaired) electrons. The molecule has 0 amide bonds. The molecule has 236 valence electrons. The molecule has 0 saturated heterocycles. The monoisotopic (exact) mass is 663 g/mol. The van der Waals surface area contributed by atoms with Crippen LogP contribution in [-0.2, 0) is 20.9 Å². The van der Waals surface area contributed by atoms with Crippen molar-refractivity contribution in [1.29, 1.82) is 0 Å². The fourth-order valence-corrected chi connectivity index (χ4v) is 7.87. The number of hydrogen-bond donors (Lipinski definition) is 0. The van der Waals surface area contributed by atoms with Crippen LogP contribution in [0.25, 0.3) is 0 Å². The third-order valence-electron chi connectivity index (χ3n) is 8.87. The second-order valence-corrected chi connectivity index (χ2v) is 15.1. The molecule has 5 rings (SSSR count). The van der Waals surface area contributed by atoms with Gasteiger partial charge in [-0.1, -0.05) is 57.0 Å². The summed E-state index contributed by atoms with van der Waals surface area (Å²) in [6, 6.07) is 10.4. The van der Waals surface area contributed by atoms with Crippen LogP contribution in [0.5, 0.6) is 11.5 Å². The van der Waals surface area contributed by atoms with E-state index in [2.05, 4.69) is 80.6 Å². The SMILES string of the molecule is CCOc1cc(C2C3=C(CC(C)(C)CC3=O)N(CCOC)C3=C2C(=O)CC(C)(C)C3)cc(Br)c1OCc1cc(C)cc(C)c1. The van der Waals surface area contributed by atoms with Crippen molar-refractivity contribution in [1.82, 2.24) is 4.90 Å². The standard InChI is InChI=1S/C37H46BrNO5/c1-9-43-31-16-25(15-26(38)35(31)44-21-24-13-22(2)12-23(3)14-24)32-33-27(17-36(4,5)19-29(33)40)39(10-11-42-8)28-18-37(6,7)20-30(41)34(28)32/h12-16,32H,9-11,17-21H2,1-8H3. The zero-order valence-corrected chi connectivity index (χ0v) is 29.1. The average molecular weight is 665 g/mol. The lowest BCUT2D eigenvalue weighted by Gasteiger charge is -2.49. The van der Waals surface area contributed by atoms with E-state index in [1.807, 2.05) is 19.1 Å². The van der Waals surface area contributed by atoms with Crippen molar-refractivity contribution in [2.45, 2.75) is 86.7 Å². The van der Waals surface area contributed by atoms with Crippen LogP contribution < -0.4 is 9.47 Å². The van der Waals surface area contributed by atoms with Crippen LogP contribution in [0, 0.1) is 24.7 Å². The molecule has 44 heavy (non-hydrogen) atoms. The fourth-order valence-electron chi connectivity index (χ4n) is 7.30. The van der Waals surface area contributed by atoms with Gasteiger partial charge in [0.05, 0.1) is 17.7 Å². The van der Waals surface area contributed by atoms with E-state index in [9.17, 15) is 9.59 Å². The smallest absolute Gasteiger partial charge is 0.175 e. The highest BCUT2D eigenvalue weighted by Crippen LogP contribution is 2.55. The second-order valence-electron chi connectivity index (χ2n) is 14.2. The Bertz CT molecular complexity index is 1470. The summed E-state index contributed by atoms with van der Waals surface area (Å²) in [6.45, 7) is 16.7.